The lowest BCUT2D eigenvalue weighted by Gasteiger charge is -2.14. The third-order valence-corrected chi connectivity index (χ3v) is 6.60. The van der Waals surface area contributed by atoms with Gasteiger partial charge in [-0.3, -0.25) is 10.1 Å². The van der Waals surface area contributed by atoms with E-state index < -0.39 is 24.0 Å². The van der Waals surface area contributed by atoms with E-state index in [4.69, 9.17) is 9.26 Å². The van der Waals surface area contributed by atoms with Gasteiger partial charge in [-0.05, 0) is 33.7 Å². The summed E-state index contributed by atoms with van der Waals surface area (Å²) in [7, 11) is 0. The summed E-state index contributed by atoms with van der Waals surface area (Å²) in [6.07, 6.45) is -0.767. The highest BCUT2D eigenvalue weighted by atomic mass is 32.1. The Morgan fingerprint density at radius 2 is 1.71 bits per heavy atom. The van der Waals surface area contributed by atoms with E-state index in [9.17, 15) is 19.5 Å². The molecular formula is C25H19N3O6S. The van der Waals surface area contributed by atoms with Gasteiger partial charge in [0.25, 0.3) is 5.91 Å². The fourth-order valence-corrected chi connectivity index (χ4v) is 4.86. The van der Waals surface area contributed by atoms with E-state index in [1.807, 2.05) is 48.5 Å². The molecule has 9 nitrogen and oxygen atoms in total. The van der Waals surface area contributed by atoms with Crippen molar-refractivity contribution in [3.05, 3.63) is 93.8 Å². The number of benzene rings is 2. The second-order valence-electron chi connectivity index (χ2n) is 7.79. The van der Waals surface area contributed by atoms with Crippen molar-refractivity contribution in [2.24, 2.45) is 0 Å². The van der Waals surface area contributed by atoms with Gasteiger partial charge in [-0.1, -0.05) is 59.8 Å². The molecule has 10 heteroatoms. The van der Waals surface area contributed by atoms with Crippen LogP contribution < -0.4 is 10.6 Å². The second kappa shape index (κ2) is 9.43. The molecule has 2 amide bonds. The number of carbonyl (C=O) groups is 3. The summed E-state index contributed by atoms with van der Waals surface area (Å²) in [5.74, 6) is -2.17. The third-order valence-electron chi connectivity index (χ3n) is 5.66. The zero-order valence-corrected chi connectivity index (χ0v) is 19.0. The Hall–Kier alpha value is -4.44. The van der Waals surface area contributed by atoms with Gasteiger partial charge in [0.15, 0.2) is 11.7 Å². The highest BCUT2D eigenvalue weighted by Gasteiger charge is 2.29. The van der Waals surface area contributed by atoms with Gasteiger partial charge in [-0.15, -0.1) is 11.3 Å². The number of amides is 2. The van der Waals surface area contributed by atoms with Gasteiger partial charge >= 0.3 is 12.1 Å². The zero-order chi connectivity index (χ0) is 24.4. The number of carbonyl (C=O) groups excluding carboxylic acids is 2. The number of rotatable bonds is 7. The van der Waals surface area contributed by atoms with Crippen LogP contribution in [0.4, 0.5) is 10.7 Å². The lowest BCUT2D eigenvalue weighted by atomic mass is 9.98. The molecule has 1 aliphatic carbocycles. The average molecular weight is 490 g/mol. The van der Waals surface area contributed by atoms with Gasteiger partial charge in [-0.25, -0.2) is 9.59 Å². The Balaban J connectivity index is 1.21. The Kier molecular flexibility index (Phi) is 6.02. The summed E-state index contributed by atoms with van der Waals surface area (Å²) in [4.78, 5) is 36.8. The van der Waals surface area contributed by atoms with Gasteiger partial charge in [0.2, 0.25) is 5.88 Å². The number of hydrogen-bond acceptors (Lipinski definition) is 7. The number of nitrogens with one attached hydrogen (secondary N) is 2. The minimum atomic E-state index is -1.22. The number of aromatic nitrogens is 1. The highest BCUT2D eigenvalue weighted by Crippen LogP contribution is 2.44. The summed E-state index contributed by atoms with van der Waals surface area (Å²) in [5.41, 5.74) is 4.22. The Morgan fingerprint density at radius 3 is 2.34 bits per heavy atom. The van der Waals surface area contributed by atoms with Crippen LogP contribution in [0.5, 0.6) is 0 Å². The SMILES string of the molecule is O=C(Nc1cc(C(=O)NC(C(=O)O)c2cccs2)no1)OCC1c2ccccc2-c2ccccc21. The van der Waals surface area contributed by atoms with Crippen LogP contribution in [-0.2, 0) is 9.53 Å². The van der Waals surface area contributed by atoms with Crippen molar-refractivity contribution in [2.75, 3.05) is 11.9 Å². The maximum Gasteiger partial charge on any atom is 0.414 e. The smallest absolute Gasteiger partial charge is 0.414 e. The number of fused-ring (bicyclic) bond motifs is 3. The topological polar surface area (TPSA) is 131 Å². The molecule has 0 fully saturated rings. The standard InChI is InChI=1S/C25H19N3O6S/c29-23(27-22(24(30)31)20-10-5-11-35-20)19-12-21(34-28-19)26-25(32)33-13-18-16-8-3-1-6-14(16)15-7-2-4-9-17(15)18/h1-12,18,22H,13H2,(H,26,32)(H,27,29)(H,30,31). The summed E-state index contributed by atoms with van der Waals surface area (Å²) >= 11 is 1.20. The van der Waals surface area contributed by atoms with Crippen molar-refractivity contribution in [3.8, 4) is 11.1 Å². The molecule has 0 saturated heterocycles. The van der Waals surface area contributed by atoms with E-state index in [0.717, 1.165) is 22.3 Å². The average Bonchev–Trinajstić information content (AvgIpc) is 3.61. The zero-order valence-electron chi connectivity index (χ0n) is 18.1. The molecule has 2 aromatic carbocycles. The predicted molar refractivity (Wildman–Crippen MR) is 127 cm³/mol. The molecule has 0 bridgehead atoms. The Morgan fingerprint density at radius 1 is 1.03 bits per heavy atom. The van der Waals surface area contributed by atoms with Crippen LogP contribution in [0.1, 0.15) is 38.5 Å². The van der Waals surface area contributed by atoms with E-state index in [2.05, 4.69) is 15.8 Å². The largest absolute Gasteiger partial charge is 0.479 e. The molecule has 3 N–H and O–H groups in total. The molecule has 2 heterocycles. The van der Waals surface area contributed by atoms with Crippen molar-refractivity contribution < 1.29 is 28.8 Å². The maximum absolute atomic E-state index is 12.5. The number of hydrogen-bond donors (Lipinski definition) is 3. The monoisotopic (exact) mass is 489 g/mol. The van der Waals surface area contributed by atoms with E-state index in [-0.39, 0.29) is 24.1 Å². The molecule has 176 valence electrons. The van der Waals surface area contributed by atoms with E-state index >= 15 is 0 Å². The molecule has 0 spiro atoms. The normalized spacial score (nSPS) is 12.9. The summed E-state index contributed by atoms with van der Waals surface area (Å²) in [6, 6.07) is 19.2. The van der Waals surface area contributed by atoms with Crippen molar-refractivity contribution in [3.63, 3.8) is 0 Å². The van der Waals surface area contributed by atoms with E-state index in [0.29, 0.717) is 4.88 Å². The van der Waals surface area contributed by atoms with Crippen molar-refractivity contribution in [1.29, 1.82) is 0 Å². The number of thiophene rings is 1. The van der Waals surface area contributed by atoms with Gasteiger partial charge < -0.3 is 19.7 Å². The molecule has 0 aliphatic heterocycles. The van der Waals surface area contributed by atoms with Crippen molar-refractivity contribution in [2.45, 2.75) is 12.0 Å². The lowest BCUT2D eigenvalue weighted by Crippen LogP contribution is -2.33. The number of anilines is 1. The molecule has 4 aromatic rings. The van der Waals surface area contributed by atoms with E-state index in [1.165, 1.54) is 17.4 Å². The minimum Gasteiger partial charge on any atom is -0.479 e. The molecule has 1 atom stereocenters. The van der Waals surface area contributed by atoms with Crippen LogP contribution in [0.3, 0.4) is 0 Å². The molecule has 0 radical (unpaired) electrons. The summed E-state index contributed by atoms with van der Waals surface area (Å²) in [5, 5.41) is 19.5. The Labute approximate surface area is 203 Å². The molecule has 5 rings (SSSR count). The first kappa shape index (κ1) is 22.4. The highest BCUT2D eigenvalue weighted by molar-refractivity contribution is 7.10. The number of ether oxygens (including phenoxy) is 1. The lowest BCUT2D eigenvalue weighted by molar-refractivity contribution is -0.139. The van der Waals surface area contributed by atoms with Gasteiger partial charge in [0.1, 0.15) is 6.61 Å². The summed E-state index contributed by atoms with van der Waals surface area (Å²) < 4.78 is 10.4. The Bertz CT molecular complexity index is 1350. The van der Waals surface area contributed by atoms with Crippen molar-refractivity contribution >= 4 is 35.2 Å². The molecule has 0 saturated carbocycles. The van der Waals surface area contributed by atoms with Gasteiger partial charge in [-0.2, -0.15) is 0 Å². The van der Waals surface area contributed by atoms with Crippen LogP contribution in [0.15, 0.2) is 76.6 Å². The molecule has 1 unspecified atom stereocenters. The van der Waals surface area contributed by atoms with Crippen molar-refractivity contribution in [1.82, 2.24) is 10.5 Å². The number of carboxylic acids is 1. The van der Waals surface area contributed by atoms with Crippen LogP contribution in [0.25, 0.3) is 11.1 Å². The first-order chi connectivity index (χ1) is 17.0. The maximum atomic E-state index is 12.5. The van der Waals surface area contributed by atoms with Gasteiger partial charge in [0, 0.05) is 16.9 Å². The van der Waals surface area contributed by atoms with Gasteiger partial charge in [0.05, 0.1) is 0 Å². The number of carboxylic acid groups (broad SMARTS) is 1. The predicted octanol–water partition coefficient (Wildman–Crippen LogP) is 4.65. The van der Waals surface area contributed by atoms with Crippen LogP contribution in [0.2, 0.25) is 0 Å². The molecule has 2 aromatic heterocycles. The number of nitrogens with zero attached hydrogens (tertiary/aromatic N) is 1. The van der Waals surface area contributed by atoms with Crippen LogP contribution in [-0.4, -0.2) is 34.8 Å². The molecule has 35 heavy (non-hydrogen) atoms. The second-order valence-corrected chi connectivity index (χ2v) is 8.77. The first-order valence-corrected chi connectivity index (χ1v) is 11.5. The quantitative estimate of drug-likeness (QED) is 0.344. The minimum absolute atomic E-state index is 0.102. The van der Waals surface area contributed by atoms with Crippen LogP contribution >= 0.6 is 11.3 Å². The number of aliphatic carboxylic acids is 1. The van der Waals surface area contributed by atoms with Crippen LogP contribution in [0, 0.1) is 0 Å². The fraction of sp³-hybridized carbons (Fsp3) is 0.120. The third kappa shape index (κ3) is 4.51. The summed E-state index contributed by atoms with van der Waals surface area (Å²) in [6.45, 7) is 0.114. The molecule has 1 aliphatic rings. The first-order valence-electron chi connectivity index (χ1n) is 10.7. The fourth-order valence-electron chi connectivity index (χ4n) is 4.09. The molecular weight excluding hydrogens is 470 g/mol. The van der Waals surface area contributed by atoms with E-state index in [1.54, 1.807) is 17.5 Å².